The average molecular weight is 470 g/mol. The normalized spacial score (nSPS) is 10.2. The summed E-state index contributed by atoms with van der Waals surface area (Å²) < 4.78 is 2.30. The lowest BCUT2D eigenvalue weighted by atomic mass is 10.2. The third kappa shape index (κ3) is 5.80. The Kier molecular flexibility index (Phi) is 8.94. The van der Waals surface area contributed by atoms with E-state index >= 15 is 0 Å². The Morgan fingerprint density at radius 2 is 1.56 bits per heavy atom. The van der Waals surface area contributed by atoms with Gasteiger partial charge in [0.1, 0.15) is 17.7 Å². The van der Waals surface area contributed by atoms with Gasteiger partial charge >= 0.3 is 0 Å². The van der Waals surface area contributed by atoms with Crippen LogP contribution in [0.15, 0.2) is 46.2 Å². The molecular formula is C23H31N7O4. The molecule has 0 radical (unpaired) electrons. The van der Waals surface area contributed by atoms with E-state index in [0.717, 1.165) is 16.6 Å². The number of nitrogens with zero attached hydrogens (tertiary/aromatic N) is 5. The summed E-state index contributed by atoms with van der Waals surface area (Å²) >= 11 is 0. The van der Waals surface area contributed by atoms with Crippen molar-refractivity contribution in [2.75, 3.05) is 24.7 Å². The molecule has 0 aliphatic rings. The van der Waals surface area contributed by atoms with Crippen LogP contribution in [0.4, 0.5) is 17.2 Å². The highest BCUT2D eigenvalue weighted by Gasteiger charge is 2.22. The molecule has 2 heterocycles. The summed E-state index contributed by atoms with van der Waals surface area (Å²) in [6, 6.07) is 9.35. The summed E-state index contributed by atoms with van der Waals surface area (Å²) in [5.74, 6) is -1.24. The molecule has 34 heavy (non-hydrogen) atoms. The Morgan fingerprint density at radius 3 is 2.12 bits per heavy atom. The molecule has 0 fully saturated rings. The predicted molar refractivity (Wildman–Crippen MR) is 132 cm³/mol. The van der Waals surface area contributed by atoms with E-state index in [1.807, 2.05) is 30.3 Å². The van der Waals surface area contributed by atoms with Gasteiger partial charge < -0.3 is 20.6 Å². The van der Waals surface area contributed by atoms with Crippen LogP contribution in [0, 0.1) is 0 Å². The van der Waals surface area contributed by atoms with E-state index in [2.05, 4.69) is 34.4 Å². The molecule has 0 saturated carbocycles. The maximum absolute atomic E-state index is 12.9. The lowest BCUT2D eigenvalue weighted by Crippen LogP contribution is -2.38. The second-order valence-corrected chi connectivity index (χ2v) is 7.70. The van der Waals surface area contributed by atoms with Gasteiger partial charge in [-0.1, -0.05) is 50.6 Å². The number of carbonyl (C=O) groups excluding carboxylic acids is 1. The Bertz CT molecular complexity index is 1250. The van der Waals surface area contributed by atoms with E-state index in [4.69, 9.17) is 0 Å². The van der Waals surface area contributed by atoms with Crippen LogP contribution < -0.4 is 21.8 Å². The first-order valence-corrected chi connectivity index (χ1v) is 10.7. The molecule has 3 rings (SSSR count). The molecule has 11 heteroatoms. The molecule has 0 aliphatic carbocycles. The third-order valence-corrected chi connectivity index (χ3v) is 4.70. The van der Waals surface area contributed by atoms with Crippen LogP contribution >= 0.6 is 0 Å². The molecule has 3 aromatic rings. The van der Waals surface area contributed by atoms with Gasteiger partial charge in [0.2, 0.25) is 0 Å². The molecule has 0 aliphatic heterocycles. The van der Waals surface area contributed by atoms with E-state index in [1.54, 1.807) is 0 Å². The van der Waals surface area contributed by atoms with Gasteiger partial charge in [0.15, 0.2) is 17.3 Å². The molecule has 0 saturated heterocycles. The Balaban J connectivity index is 0.00000129. The van der Waals surface area contributed by atoms with Crippen molar-refractivity contribution >= 4 is 23.1 Å². The van der Waals surface area contributed by atoms with Crippen molar-refractivity contribution in [1.82, 2.24) is 24.2 Å². The largest absolute Gasteiger partial charge is 0.503 e. The van der Waals surface area contributed by atoms with Crippen LogP contribution in [0.5, 0.6) is 5.75 Å². The smallest absolute Gasteiger partial charge is 0.291 e. The van der Waals surface area contributed by atoms with E-state index < -0.39 is 22.8 Å². The number of hydrogen-bond acceptors (Lipinski definition) is 8. The summed E-state index contributed by atoms with van der Waals surface area (Å²) in [5.41, 5.74) is -0.427. The minimum absolute atomic E-state index is 0.00736. The summed E-state index contributed by atoms with van der Waals surface area (Å²) in [6.45, 7) is 4.54. The predicted octanol–water partition coefficient (Wildman–Crippen LogP) is 2.05. The Morgan fingerprint density at radius 1 is 1.00 bits per heavy atom. The van der Waals surface area contributed by atoms with Gasteiger partial charge in [0.25, 0.3) is 17.0 Å². The first-order valence-electron chi connectivity index (χ1n) is 10.7. The molecule has 11 nitrogen and oxygen atoms in total. The molecule has 182 valence electrons. The zero-order chi connectivity index (χ0) is 25.4. The van der Waals surface area contributed by atoms with Crippen LogP contribution in [0.2, 0.25) is 0 Å². The zero-order valence-corrected chi connectivity index (χ0v) is 20.3. The maximum Gasteiger partial charge on any atom is 0.291 e. The Hall–Kier alpha value is -4.15. The maximum atomic E-state index is 12.9. The molecule has 3 N–H and O–H groups in total. The second kappa shape index (κ2) is 11.6. The number of hydrogen-bond donors (Lipinski definition) is 3. The van der Waals surface area contributed by atoms with E-state index in [0.29, 0.717) is 0 Å². The van der Waals surface area contributed by atoms with Gasteiger partial charge in [-0.2, -0.15) is 0 Å². The highest BCUT2D eigenvalue weighted by Crippen LogP contribution is 2.28. The summed E-state index contributed by atoms with van der Waals surface area (Å²) in [4.78, 5) is 47.0. The minimum Gasteiger partial charge on any atom is -0.503 e. The molecule has 0 bridgehead atoms. The summed E-state index contributed by atoms with van der Waals surface area (Å²) in [7, 11) is 5.94. The van der Waals surface area contributed by atoms with E-state index in [1.165, 1.54) is 44.2 Å². The quantitative estimate of drug-likeness (QED) is 0.499. The van der Waals surface area contributed by atoms with Crippen molar-refractivity contribution in [2.45, 2.75) is 26.8 Å². The van der Waals surface area contributed by atoms with Gasteiger partial charge in [0, 0.05) is 34.7 Å². The number of amides is 1. The molecule has 0 spiro atoms. The highest BCUT2D eigenvalue weighted by atomic mass is 16.3. The fourth-order valence-electron chi connectivity index (χ4n) is 2.83. The molecule has 1 aromatic carbocycles. The highest BCUT2D eigenvalue weighted by molar-refractivity contribution is 5.96. The van der Waals surface area contributed by atoms with E-state index in [-0.39, 0.29) is 29.4 Å². The molecule has 1 amide bonds. The summed E-state index contributed by atoms with van der Waals surface area (Å²) in [5, 5.41) is 16.2. The fourth-order valence-corrected chi connectivity index (χ4v) is 2.83. The van der Waals surface area contributed by atoms with Gasteiger partial charge in [-0.15, -0.1) is 0 Å². The second-order valence-electron chi connectivity index (χ2n) is 7.70. The average Bonchev–Trinajstić information content (AvgIpc) is 2.82. The van der Waals surface area contributed by atoms with Crippen LogP contribution in [0.3, 0.4) is 0 Å². The SMILES string of the molecule is CCC.CN(C)C(=O)c1ncnc(Nc2c(NCc3ccccc3)c(=O)n(C)n(C)c2=O)c1O. The van der Waals surface area contributed by atoms with Crippen molar-refractivity contribution in [1.29, 1.82) is 0 Å². The number of aromatic hydroxyl groups is 1. The van der Waals surface area contributed by atoms with Gasteiger partial charge in [-0.25, -0.2) is 19.3 Å². The van der Waals surface area contributed by atoms with Crippen molar-refractivity contribution in [3.63, 3.8) is 0 Å². The topological polar surface area (TPSA) is 134 Å². The van der Waals surface area contributed by atoms with Crippen molar-refractivity contribution in [3.8, 4) is 5.75 Å². The van der Waals surface area contributed by atoms with Gasteiger partial charge in [-0.05, 0) is 5.56 Å². The Labute approximate surface area is 197 Å². The van der Waals surface area contributed by atoms with Crippen molar-refractivity contribution in [2.24, 2.45) is 14.1 Å². The molecular weight excluding hydrogens is 438 g/mol. The van der Waals surface area contributed by atoms with Crippen LogP contribution in [-0.2, 0) is 20.6 Å². The number of carbonyl (C=O) groups is 1. The number of benzene rings is 1. The number of nitrogens with one attached hydrogen (secondary N) is 2. The van der Waals surface area contributed by atoms with Crippen LogP contribution in [-0.4, -0.2) is 49.3 Å². The number of aromatic nitrogens is 4. The first kappa shape index (κ1) is 26.1. The third-order valence-electron chi connectivity index (χ3n) is 4.70. The lowest BCUT2D eigenvalue weighted by Gasteiger charge is -2.17. The monoisotopic (exact) mass is 469 g/mol. The summed E-state index contributed by atoms with van der Waals surface area (Å²) in [6.07, 6.45) is 2.33. The van der Waals surface area contributed by atoms with Crippen LogP contribution in [0.25, 0.3) is 0 Å². The number of anilines is 3. The molecule has 2 aromatic heterocycles. The minimum atomic E-state index is -0.540. The first-order chi connectivity index (χ1) is 16.1. The van der Waals surface area contributed by atoms with Crippen molar-refractivity contribution in [3.05, 3.63) is 68.6 Å². The van der Waals surface area contributed by atoms with Gasteiger partial charge in [-0.3, -0.25) is 14.4 Å². The van der Waals surface area contributed by atoms with Crippen molar-refractivity contribution < 1.29 is 9.90 Å². The van der Waals surface area contributed by atoms with E-state index in [9.17, 15) is 19.5 Å². The number of rotatable bonds is 6. The standard InChI is InChI=1S/C20H23N7O4.C3H8/c1-25(2)18(29)15-16(28)17(23-11-22-15)24-14-13(19(30)26(3)27(4)20(14)31)21-10-12-8-6-5-7-9-12;1-3-2/h5-9,11,21,28H,10H2,1-4H3,(H,22,23,24);3H2,1-2H3. The lowest BCUT2D eigenvalue weighted by molar-refractivity contribution is 0.0818. The van der Waals surface area contributed by atoms with Crippen LogP contribution in [0.1, 0.15) is 36.3 Å². The molecule has 0 unspecified atom stereocenters. The molecule has 0 atom stereocenters. The fraction of sp³-hybridized carbons (Fsp3) is 0.348. The van der Waals surface area contributed by atoms with Gasteiger partial charge in [0.05, 0.1) is 0 Å². The zero-order valence-electron chi connectivity index (χ0n) is 20.3.